The minimum atomic E-state index is -4.78. The molecular weight excluding hydrogens is 571 g/mol. The lowest BCUT2D eigenvalue weighted by Gasteiger charge is -2.25. The number of anilines is 1. The number of hydrazone groups is 1. The maximum Gasteiger partial charge on any atom is 0.416 e. The number of benzene rings is 3. The molecule has 1 N–H and O–H groups in total. The van der Waals surface area contributed by atoms with Gasteiger partial charge in [-0.05, 0) is 61.0 Å². The van der Waals surface area contributed by atoms with Crippen molar-refractivity contribution >= 4 is 39.4 Å². The number of alkyl halides is 3. The van der Waals surface area contributed by atoms with Gasteiger partial charge in [-0.15, -0.1) is 0 Å². The third-order valence-corrected chi connectivity index (χ3v) is 7.28. The van der Waals surface area contributed by atoms with E-state index in [0.29, 0.717) is 40.1 Å². The first-order valence-corrected chi connectivity index (χ1v) is 13.6. The standard InChI is InChI=1S/C27H25ClF3N3O5S/c1-3-14-39-24-13-10-19(15-25(24)38-4-2)17-32-33-26(35)18-34(40(36,37)21-8-6-5-7-9-21)23-16-20(27(29,30)31)11-12-22(23)28/h3,5-13,15-17H,1,4,14,18H2,2H3,(H,33,35)/b32-17-. The van der Waals surface area contributed by atoms with Crippen LogP contribution in [0.1, 0.15) is 18.1 Å². The minimum absolute atomic E-state index is 0.248. The Bertz CT molecular complexity index is 1480. The van der Waals surface area contributed by atoms with Gasteiger partial charge in [0.05, 0.1) is 34.0 Å². The molecule has 0 saturated carbocycles. The van der Waals surface area contributed by atoms with E-state index < -0.39 is 39.9 Å². The number of ether oxygens (including phenoxy) is 2. The summed E-state index contributed by atoms with van der Waals surface area (Å²) in [6.07, 6.45) is -1.92. The average molecular weight is 596 g/mol. The topological polar surface area (TPSA) is 97.3 Å². The molecule has 1 amide bonds. The fraction of sp³-hybridized carbons (Fsp3) is 0.185. The molecule has 13 heteroatoms. The number of nitrogens with zero attached hydrogens (tertiary/aromatic N) is 2. The molecule has 3 aromatic rings. The second-order valence-electron chi connectivity index (χ2n) is 8.02. The van der Waals surface area contributed by atoms with Gasteiger partial charge in [-0.1, -0.05) is 42.5 Å². The Morgan fingerprint density at radius 3 is 2.45 bits per heavy atom. The molecule has 0 bridgehead atoms. The Kier molecular flexibility index (Phi) is 10.2. The number of sulfonamides is 1. The SMILES string of the molecule is C=CCOc1ccc(/C=N\NC(=O)CN(c2cc(C(F)(F)F)ccc2Cl)S(=O)(=O)c2ccccc2)cc1OCC. The smallest absolute Gasteiger partial charge is 0.416 e. The molecule has 0 aliphatic carbocycles. The lowest BCUT2D eigenvalue weighted by molar-refractivity contribution is -0.137. The third kappa shape index (κ3) is 7.76. The molecule has 0 radical (unpaired) electrons. The van der Waals surface area contributed by atoms with E-state index in [2.05, 4.69) is 17.1 Å². The number of carbonyl (C=O) groups excluding carboxylic acids is 1. The van der Waals surface area contributed by atoms with Crippen LogP contribution in [0.3, 0.4) is 0 Å². The quantitative estimate of drug-likeness (QED) is 0.165. The van der Waals surface area contributed by atoms with Crippen molar-refractivity contribution in [3.05, 3.63) is 95.5 Å². The number of nitrogens with one attached hydrogen (secondary N) is 1. The first kappa shape index (κ1) is 30.5. The number of rotatable bonds is 12. The van der Waals surface area contributed by atoms with Crippen molar-refractivity contribution < 1.29 is 35.9 Å². The third-order valence-electron chi connectivity index (χ3n) is 5.19. The summed E-state index contributed by atoms with van der Waals surface area (Å²) in [5, 5.41) is 3.54. The molecule has 212 valence electrons. The van der Waals surface area contributed by atoms with Gasteiger partial charge in [0.1, 0.15) is 13.2 Å². The van der Waals surface area contributed by atoms with Gasteiger partial charge in [0.2, 0.25) is 0 Å². The zero-order valence-corrected chi connectivity index (χ0v) is 22.8. The number of hydrogen-bond donors (Lipinski definition) is 1. The van der Waals surface area contributed by atoms with Gasteiger partial charge >= 0.3 is 6.18 Å². The summed E-state index contributed by atoms with van der Waals surface area (Å²) in [4.78, 5) is 12.5. The summed E-state index contributed by atoms with van der Waals surface area (Å²) < 4.78 is 78.6. The number of carbonyl (C=O) groups is 1. The van der Waals surface area contributed by atoms with Gasteiger partial charge in [0.25, 0.3) is 15.9 Å². The highest BCUT2D eigenvalue weighted by Gasteiger charge is 2.34. The van der Waals surface area contributed by atoms with Gasteiger partial charge in [-0.3, -0.25) is 9.10 Å². The Balaban J connectivity index is 1.88. The average Bonchev–Trinajstić information content (AvgIpc) is 2.91. The Hall–Kier alpha value is -4.03. The van der Waals surface area contributed by atoms with Gasteiger partial charge in [0, 0.05) is 0 Å². The van der Waals surface area contributed by atoms with Crippen molar-refractivity contribution in [2.24, 2.45) is 5.10 Å². The van der Waals surface area contributed by atoms with Crippen LogP contribution >= 0.6 is 11.6 Å². The van der Waals surface area contributed by atoms with E-state index in [-0.39, 0.29) is 16.5 Å². The maximum atomic E-state index is 13.4. The molecule has 0 spiro atoms. The fourth-order valence-electron chi connectivity index (χ4n) is 3.39. The van der Waals surface area contributed by atoms with E-state index in [1.54, 1.807) is 37.3 Å². The van der Waals surface area contributed by atoms with E-state index in [1.165, 1.54) is 30.5 Å². The molecule has 0 aliphatic heterocycles. The molecule has 8 nitrogen and oxygen atoms in total. The monoisotopic (exact) mass is 595 g/mol. The van der Waals surface area contributed by atoms with Crippen LogP contribution in [-0.2, 0) is 21.0 Å². The van der Waals surface area contributed by atoms with Crippen LogP contribution in [0.15, 0.2) is 89.4 Å². The maximum absolute atomic E-state index is 13.4. The Labute approximate surface area is 234 Å². The summed E-state index contributed by atoms with van der Waals surface area (Å²) in [6, 6.07) is 14.0. The first-order valence-electron chi connectivity index (χ1n) is 11.7. The van der Waals surface area contributed by atoms with Crippen LogP contribution in [-0.4, -0.2) is 40.3 Å². The van der Waals surface area contributed by atoms with Crippen LogP contribution in [0, 0.1) is 0 Å². The predicted molar refractivity (Wildman–Crippen MR) is 146 cm³/mol. The van der Waals surface area contributed by atoms with E-state index in [0.717, 1.165) is 6.07 Å². The van der Waals surface area contributed by atoms with Gasteiger partial charge < -0.3 is 9.47 Å². The highest BCUT2D eigenvalue weighted by molar-refractivity contribution is 7.92. The molecule has 0 heterocycles. The van der Waals surface area contributed by atoms with Gasteiger partial charge in [-0.2, -0.15) is 18.3 Å². The largest absolute Gasteiger partial charge is 0.490 e. The molecule has 0 fully saturated rings. The van der Waals surface area contributed by atoms with Crippen LogP contribution < -0.4 is 19.2 Å². The summed E-state index contributed by atoms with van der Waals surface area (Å²) >= 11 is 6.13. The molecule has 0 aromatic heterocycles. The molecule has 0 aliphatic rings. The highest BCUT2D eigenvalue weighted by Crippen LogP contribution is 2.37. The molecule has 0 saturated heterocycles. The Morgan fingerprint density at radius 2 is 1.80 bits per heavy atom. The van der Waals surface area contributed by atoms with Crippen LogP contribution in [0.25, 0.3) is 0 Å². The van der Waals surface area contributed by atoms with Crippen molar-refractivity contribution in [3.8, 4) is 11.5 Å². The zero-order chi connectivity index (χ0) is 29.3. The lowest BCUT2D eigenvalue weighted by atomic mass is 10.2. The molecule has 0 atom stereocenters. The molecule has 40 heavy (non-hydrogen) atoms. The first-order chi connectivity index (χ1) is 19.0. The van der Waals surface area contributed by atoms with Crippen molar-refractivity contribution in [2.45, 2.75) is 18.0 Å². The number of halogens is 4. The van der Waals surface area contributed by atoms with Crippen molar-refractivity contribution in [1.29, 1.82) is 0 Å². The second kappa shape index (κ2) is 13.4. The van der Waals surface area contributed by atoms with E-state index in [4.69, 9.17) is 21.1 Å². The van der Waals surface area contributed by atoms with E-state index in [9.17, 15) is 26.4 Å². The summed E-state index contributed by atoms with van der Waals surface area (Å²) in [5.74, 6) is -0.0261. The molecule has 3 rings (SSSR count). The molecule has 3 aromatic carbocycles. The van der Waals surface area contributed by atoms with Crippen molar-refractivity contribution in [1.82, 2.24) is 5.43 Å². The van der Waals surface area contributed by atoms with Gasteiger partial charge in [0.15, 0.2) is 11.5 Å². The lowest BCUT2D eigenvalue weighted by Crippen LogP contribution is -2.40. The second-order valence-corrected chi connectivity index (χ2v) is 10.3. The van der Waals surface area contributed by atoms with E-state index in [1.807, 2.05) is 0 Å². The van der Waals surface area contributed by atoms with Crippen LogP contribution in [0.4, 0.5) is 18.9 Å². The Morgan fingerprint density at radius 1 is 1.07 bits per heavy atom. The summed E-state index contributed by atoms with van der Waals surface area (Å²) in [7, 11) is -4.50. The summed E-state index contributed by atoms with van der Waals surface area (Å²) in [6.45, 7) is 5.11. The number of hydrogen-bond acceptors (Lipinski definition) is 6. The zero-order valence-electron chi connectivity index (χ0n) is 21.2. The predicted octanol–water partition coefficient (Wildman–Crippen LogP) is 5.67. The highest BCUT2D eigenvalue weighted by atomic mass is 35.5. The van der Waals surface area contributed by atoms with E-state index >= 15 is 0 Å². The van der Waals surface area contributed by atoms with Crippen molar-refractivity contribution in [3.63, 3.8) is 0 Å². The molecule has 0 unspecified atom stereocenters. The number of amides is 1. The summed E-state index contributed by atoms with van der Waals surface area (Å²) in [5.41, 5.74) is 1.06. The minimum Gasteiger partial charge on any atom is -0.490 e. The van der Waals surface area contributed by atoms with Crippen LogP contribution in [0.2, 0.25) is 5.02 Å². The van der Waals surface area contributed by atoms with Crippen molar-refractivity contribution in [2.75, 3.05) is 24.1 Å². The normalized spacial score (nSPS) is 11.7. The van der Waals surface area contributed by atoms with Crippen LogP contribution in [0.5, 0.6) is 11.5 Å². The van der Waals surface area contributed by atoms with Gasteiger partial charge in [-0.25, -0.2) is 13.8 Å². The fourth-order valence-corrected chi connectivity index (χ4v) is 5.11. The molecular formula is C27H25ClF3N3O5S.